The molecule has 0 fully saturated rings. The molecule has 0 heterocycles. The largest absolute Gasteiger partial charge is 0.376 e. The Kier molecular flexibility index (Phi) is 12.0. The summed E-state index contributed by atoms with van der Waals surface area (Å²) in [5.74, 6) is 0.999. The molecule has 8 heteroatoms. The van der Waals surface area contributed by atoms with Crippen molar-refractivity contribution in [1.82, 2.24) is 10.6 Å². The fourth-order valence-electron chi connectivity index (χ4n) is 1.86. The summed E-state index contributed by atoms with van der Waals surface area (Å²) in [4.78, 5) is 4.07. The first-order chi connectivity index (χ1) is 10.9. The lowest BCUT2D eigenvalue weighted by atomic mass is 10.2. The van der Waals surface area contributed by atoms with Gasteiger partial charge in [0.25, 0.3) is 0 Å². The molecule has 0 bridgehead atoms. The van der Waals surface area contributed by atoms with Gasteiger partial charge in [-0.05, 0) is 11.5 Å². The molecule has 2 N–H and O–H groups in total. The van der Waals surface area contributed by atoms with Crippen LogP contribution in [0.2, 0.25) is 0 Å². The fraction of sp³-hybridized carbons (Fsp3) is 0.562. The van der Waals surface area contributed by atoms with Crippen LogP contribution in [-0.4, -0.2) is 53.1 Å². The maximum atomic E-state index is 11.1. The maximum Gasteiger partial charge on any atom is 0.191 e. The third kappa shape index (κ3) is 11.6. The van der Waals surface area contributed by atoms with Gasteiger partial charge in [-0.2, -0.15) is 0 Å². The highest BCUT2D eigenvalue weighted by Gasteiger charge is 2.06. The number of ether oxygens (including phenoxy) is 1. The number of hydrogen-bond acceptors (Lipinski definition) is 4. The van der Waals surface area contributed by atoms with Gasteiger partial charge in [0.15, 0.2) is 5.96 Å². The van der Waals surface area contributed by atoms with Crippen molar-refractivity contribution in [2.75, 3.05) is 38.8 Å². The number of rotatable bonds is 9. The van der Waals surface area contributed by atoms with Crippen molar-refractivity contribution >= 4 is 39.8 Å². The van der Waals surface area contributed by atoms with Gasteiger partial charge in [-0.15, -0.1) is 24.0 Å². The summed E-state index contributed by atoms with van der Waals surface area (Å²) in [6, 6.07) is 10.1. The molecule has 0 aromatic heterocycles. The van der Waals surface area contributed by atoms with Crippen LogP contribution >= 0.6 is 24.0 Å². The van der Waals surface area contributed by atoms with E-state index in [0.717, 1.165) is 5.56 Å². The van der Waals surface area contributed by atoms with E-state index < -0.39 is 9.84 Å². The zero-order valence-corrected chi connectivity index (χ0v) is 17.6. The molecule has 1 aromatic carbocycles. The van der Waals surface area contributed by atoms with Crippen molar-refractivity contribution in [2.24, 2.45) is 10.9 Å². The van der Waals surface area contributed by atoms with Gasteiger partial charge in [-0.25, -0.2) is 8.42 Å². The average molecular weight is 469 g/mol. The van der Waals surface area contributed by atoms with E-state index in [0.29, 0.717) is 38.2 Å². The Morgan fingerprint density at radius 1 is 1.25 bits per heavy atom. The summed E-state index contributed by atoms with van der Waals surface area (Å²) in [6.45, 7) is 4.38. The number of guanidine groups is 1. The second kappa shape index (κ2) is 12.5. The highest BCUT2D eigenvalue weighted by Crippen LogP contribution is 2.02. The van der Waals surface area contributed by atoms with Crippen molar-refractivity contribution in [1.29, 1.82) is 0 Å². The molecular formula is C16H28IN3O3S. The number of hydrogen-bond donors (Lipinski definition) is 2. The van der Waals surface area contributed by atoms with Crippen LogP contribution in [0.5, 0.6) is 0 Å². The predicted molar refractivity (Wildman–Crippen MR) is 110 cm³/mol. The number of aliphatic imine (C=N–C) groups is 1. The number of nitrogens with zero attached hydrogens (tertiary/aromatic N) is 1. The molecule has 0 amide bonds. The van der Waals surface area contributed by atoms with E-state index in [2.05, 4.69) is 22.5 Å². The minimum atomic E-state index is -2.96. The molecule has 0 radical (unpaired) electrons. The van der Waals surface area contributed by atoms with Crippen molar-refractivity contribution in [3.8, 4) is 0 Å². The van der Waals surface area contributed by atoms with Crippen LogP contribution in [0.15, 0.2) is 35.3 Å². The molecule has 0 saturated carbocycles. The van der Waals surface area contributed by atoms with E-state index in [9.17, 15) is 8.42 Å². The molecule has 1 rings (SSSR count). The summed E-state index contributed by atoms with van der Waals surface area (Å²) >= 11 is 0. The Hall–Kier alpha value is -0.870. The van der Waals surface area contributed by atoms with Crippen LogP contribution in [0.1, 0.15) is 12.5 Å². The summed E-state index contributed by atoms with van der Waals surface area (Å²) in [7, 11) is -1.30. The van der Waals surface area contributed by atoms with Crippen LogP contribution in [0, 0.1) is 5.92 Å². The fourth-order valence-corrected chi connectivity index (χ4v) is 2.33. The van der Waals surface area contributed by atoms with Gasteiger partial charge in [0, 0.05) is 26.4 Å². The first-order valence-corrected chi connectivity index (χ1v) is 9.70. The van der Waals surface area contributed by atoms with Crippen LogP contribution in [-0.2, 0) is 21.2 Å². The van der Waals surface area contributed by atoms with Crippen LogP contribution < -0.4 is 10.6 Å². The smallest absolute Gasteiger partial charge is 0.191 e. The summed E-state index contributed by atoms with van der Waals surface area (Å²) in [5.41, 5.74) is 1.16. The molecule has 1 aromatic rings. The highest BCUT2D eigenvalue weighted by atomic mass is 127. The lowest BCUT2D eigenvalue weighted by Crippen LogP contribution is -2.41. The quantitative estimate of drug-likeness (QED) is 0.327. The topological polar surface area (TPSA) is 79.8 Å². The highest BCUT2D eigenvalue weighted by molar-refractivity contribution is 14.0. The summed E-state index contributed by atoms with van der Waals surface area (Å²) in [5, 5.41) is 6.15. The first-order valence-electron chi connectivity index (χ1n) is 7.64. The third-order valence-electron chi connectivity index (χ3n) is 3.12. The lowest BCUT2D eigenvalue weighted by molar-refractivity contribution is 0.0931. The molecule has 0 aliphatic carbocycles. The van der Waals surface area contributed by atoms with E-state index in [1.165, 1.54) is 6.26 Å². The van der Waals surface area contributed by atoms with Crippen LogP contribution in [0.4, 0.5) is 0 Å². The number of halogens is 1. The Morgan fingerprint density at radius 2 is 1.92 bits per heavy atom. The molecule has 1 atom stereocenters. The van der Waals surface area contributed by atoms with Gasteiger partial charge < -0.3 is 15.4 Å². The normalized spacial score (nSPS) is 13.0. The second-order valence-electron chi connectivity index (χ2n) is 5.62. The predicted octanol–water partition coefficient (Wildman–Crippen LogP) is 1.67. The molecule has 0 spiro atoms. The van der Waals surface area contributed by atoms with Crippen molar-refractivity contribution < 1.29 is 13.2 Å². The Balaban J connectivity index is 0.00000529. The second-order valence-corrected chi connectivity index (χ2v) is 7.88. The van der Waals surface area contributed by atoms with Crippen molar-refractivity contribution in [2.45, 2.75) is 13.5 Å². The summed E-state index contributed by atoms with van der Waals surface area (Å²) < 4.78 is 27.9. The van der Waals surface area contributed by atoms with E-state index >= 15 is 0 Å². The molecule has 0 aliphatic rings. The lowest BCUT2D eigenvalue weighted by Gasteiger charge is -2.16. The number of benzene rings is 1. The van der Waals surface area contributed by atoms with E-state index in [4.69, 9.17) is 4.74 Å². The van der Waals surface area contributed by atoms with Gasteiger partial charge >= 0.3 is 0 Å². The molecule has 138 valence electrons. The van der Waals surface area contributed by atoms with E-state index in [1.54, 1.807) is 7.05 Å². The monoisotopic (exact) mass is 469 g/mol. The van der Waals surface area contributed by atoms with Crippen molar-refractivity contribution in [3.63, 3.8) is 0 Å². The zero-order chi connectivity index (χ0) is 17.1. The third-order valence-corrected chi connectivity index (χ3v) is 4.07. The molecule has 0 aliphatic heterocycles. The molecule has 1 unspecified atom stereocenters. The molecular weight excluding hydrogens is 441 g/mol. The van der Waals surface area contributed by atoms with Gasteiger partial charge in [0.2, 0.25) is 0 Å². The molecule has 24 heavy (non-hydrogen) atoms. The minimum Gasteiger partial charge on any atom is -0.376 e. The Morgan fingerprint density at radius 3 is 2.50 bits per heavy atom. The van der Waals surface area contributed by atoms with E-state index in [1.807, 2.05) is 30.3 Å². The minimum absolute atomic E-state index is 0. The standard InChI is InChI=1S/C16H27N3O3S.HI/c1-14(12-22-13-15-7-5-4-6-8-15)11-19-16(17-2)18-9-10-23(3,20)21;/h4-8,14H,9-13H2,1-3H3,(H2,17,18,19);1H. The van der Waals surface area contributed by atoms with Gasteiger partial charge in [0.05, 0.1) is 19.0 Å². The Labute approximate surface area is 162 Å². The maximum absolute atomic E-state index is 11.1. The van der Waals surface area contributed by atoms with Crippen LogP contribution in [0.25, 0.3) is 0 Å². The SMILES string of the molecule is CN=C(NCCS(C)(=O)=O)NCC(C)COCc1ccccc1.I. The van der Waals surface area contributed by atoms with Gasteiger partial charge in [0.1, 0.15) is 9.84 Å². The Bertz CT molecular complexity index is 579. The van der Waals surface area contributed by atoms with Gasteiger partial charge in [-0.3, -0.25) is 4.99 Å². The first kappa shape index (κ1) is 23.1. The van der Waals surface area contributed by atoms with E-state index in [-0.39, 0.29) is 29.7 Å². The number of nitrogens with one attached hydrogen (secondary N) is 2. The van der Waals surface area contributed by atoms with Crippen molar-refractivity contribution in [3.05, 3.63) is 35.9 Å². The van der Waals surface area contributed by atoms with Gasteiger partial charge in [-0.1, -0.05) is 37.3 Å². The summed E-state index contributed by atoms with van der Waals surface area (Å²) in [6.07, 6.45) is 1.22. The average Bonchev–Trinajstić information content (AvgIpc) is 2.50. The molecule has 0 saturated heterocycles. The number of sulfone groups is 1. The van der Waals surface area contributed by atoms with Crippen LogP contribution in [0.3, 0.4) is 0 Å². The molecule has 6 nitrogen and oxygen atoms in total. The zero-order valence-electron chi connectivity index (χ0n) is 14.5.